The van der Waals surface area contributed by atoms with Crippen molar-refractivity contribution in [2.45, 2.75) is 19.3 Å². The van der Waals surface area contributed by atoms with Crippen LogP contribution in [0.25, 0.3) is 11.1 Å². The maximum atomic E-state index is 5.51. The number of hydrogen-bond acceptors (Lipinski definition) is 4. The van der Waals surface area contributed by atoms with E-state index >= 15 is 0 Å². The molecule has 0 radical (unpaired) electrons. The van der Waals surface area contributed by atoms with Crippen molar-refractivity contribution in [1.82, 2.24) is 10.3 Å². The van der Waals surface area contributed by atoms with Crippen LogP contribution in [0.2, 0.25) is 0 Å². The zero-order valence-electron chi connectivity index (χ0n) is 10.8. The molecule has 0 saturated carbocycles. The fraction of sp³-hybridized carbons (Fsp3) is 0.500. The second-order valence-corrected chi connectivity index (χ2v) is 4.97. The monoisotopic (exact) mass is 246 g/mol. The first-order valence-electron chi connectivity index (χ1n) is 6.40. The molecule has 2 aromatic rings. The van der Waals surface area contributed by atoms with Crippen LogP contribution < -0.4 is 5.32 Å². The molecule has 4 nitrogen and oxygen atoms in total. The van der Waals surface area contributed by atoms with E-state index in [9.17, 15) is 0 Å². The third-order valence-electron chi connectivity index (χ3n) is 3.58. The Hall–Kier alpha value is -1.39. The fourth-order valence-corrected chi connectivity index (χ4v) is 2.46. The Bertz CT molecular complexity index is 558. The molecular weight excluding hydrogens is 228 g/mol. The number of aromatic nitrogens is 1. The summed E-state index contributed by atoms with van der Waals surface area (Å²) in [6.45, 7) is 7.49. The molecule has 3 rings (SSSR count). The largest absolute Gasteiger partial charge is 0.441 e. The lowest BCUT2D eigenvalue weighted by atomic mass is 9.78. The molecule has 1 aromatic heterocycles. The van der Waals surface area contributed by atoms with E-state index in [4.69, 9.17) is 9.15 Å². The highest BCUT2D eigenvalue weighted by Crippen LogP contribution is 2.33. The first kappa shape index (κ1) is 11.7. The quantitative estimate of drug-likeness (QED) is 0.896. The Morgan fingerprint density at radius 1 is 1.39 bits per heavy atom. The van der Waals surface area contributed by atoms with Crippen LogP contribution in [0.5, 0.6) is 0 Å². The summed E-state index contributed by atoms with van der Waals surface area (Å²) in [4.78, 5) is 4.40. The van der Waals surface area contributed by atoms with Crippen LogP contribution >= 0.6 is 0 Å². The van der Waals surface area contributed by atoms with Crippen molar-refractivity contribution in [1.29, 1.82) is 0 Å². The van der Waals surface area contributed by atoms with E-state index in [1.165, 1.54) is 5.56 Å². The minimum Gasteiger partial charge on any atom is -0.441 e. The van der Waals surface area contributed by atoms with Gasteiger partial charge in [0.1, 0.15) is 5.52 Å². The van der Waals surface area contributed by atoms with Crippen molar-refractivity contribution in [2.24, 2.45) is 0 Å². The minimum atomic E-state index is 0.108. The molecule has 0 amide bonds. The first-order chi connectivity index (χ1) is 8.73. The zero-order chi connectivity index (χ0) is 12.6. The summed E-state index contributed by atoms with van der Waals surface area (Å²) in [5, 5.41) is 3.42. The fourth-order valence-electron chi connectivity index (χ4n) is 2.46. The normalized spacial score (nSPS) is 17.9. The number of rotatable bonds is 4. The molecule has 1 N–H and O–H groups in total. The summed E-state index contributed by atoms with van der Waals surface area (Å²) in [6, 6.07) is 6.27. The molecule has 0 aliphatic carbocycles. The van der Waals surface area contributed by atoms with Crippen LogP contribution in [0.1, 0.15) is 18.4 Å². The minimum absolute atomic E-state index is 0.108. The predicted molar refractivity (Wildman–Crippen MR) is 69.8 cm³/mol. The number of benzene rings is 1. The van der Waals surface area contributed by atoms with Crippen LogP contribution in [0, 0.1) is 6.92 Å². The number of ether oxygens (including phenoxy) is 1. The molecule has 18 heavy (non-hydrogen) atoms. The summed E-state index contributed by atoms with van der Waals surface area (Å²) in [5.41, 5.74) is 3.19. The van der Waals surface area contributed by atoms with Crippen molar-refractivity contribution in [3.63, 3.8) is 0 Å². The van der Waals surface area contributed by atoms with Crippen LogP contribution in [0.3, 0.4) is 0 Å². The van der Waals surface area contributed by atoms with Crippen LogP contribution in [-0.4, -0.2) is 31.3 Å². The average Bonchev–Trinajstić information content (AvgIpc) is 2.67. The van der Waals surface area contributed by atoms with Crippen LogP contribution in [-0.2, 0) is 10.2 Å². The third-order valence-corrected chi connectivity index (χ3v) is 3.58. The Morgan fingerprint density at radius 3 is 2.89 bits per heavy atom. The molecule has 1 saturated heterocycles. The van der Waals surface area contributed by atoms with Crippen molar-refractivity contribution >= 4 is 11.1 Å². The highest BCUT2D eigenvalue weighted by Gasteiger charge is 2.40. The second kappa shape index (κ2) is 4.37. The Labute approximate surface area is 106 Å². The molecule has 2 heterocycles. The highest BCUT2D eigenvalue weighted by molar-refractivity contribution is 5.74. The molecule has 0 spiro atoms. The summed E-state index contributed by atoms with van der Waals surface area (Å²) >= 11 is 0. The first-order valence-corrected chi connectivity index (χ1v) is 6.40. The lowest BCUT2D eigenvalue weighted by Gasteiger charge is -2.42. The van der Waals surface area contributed by atoms with Gasteiger partial charge in [-0.2, -0.15) is 0 Å². The van der Waals surface area contributed by atoms with Gasteiger partial charge in [-0.1, -0.05) is 13.0 Å². The van der Waals surface area contributed by atoms with Crippen molar-refractivity contribution < 1.29 is 9.15 Å². The highest BCUT2D eigenvalue weighted by atomic mass is 16.5. The van der Waals surface area contributed by atoms with Crippen LogP contribution in [0.15, 0.2) is 22.6 Å². The zero-order valence-corrected chi connectivity index (χ0v) is 10.8. The number of hydrogen-bond donors (Lipinski definition) is 1. The van der Waals surface area contributed by atoms with E-state index in [1.807, 2.05) is 13.0 Å². The standard InChI is InChI=1S/C14H18N2O2/c1-3-15-7-14(8-17-9-14)11-4-5-13-12(6-11)16-10(2)18-13/h4-6,15H,3,7-9H2,1-2H3. The van der Waals surface area contributed by atoms with Gasteiger partial charge in [0.2, 0.25) is 0 Å². The van der Waals surface area contributed by atoms with E-state index in [0.29, 0.717) is 5.89 Å². The summed E-state index contributed by atoms with van der Waals surface area (Å²) in [6.07, 6.45) is 0. The van der Waals surface area contributed by atoms with E-state index in [2.05, 4.69) is 29.4 Å². The average molecular weight is 246 g/mol. The Morgan fingerprint density at radius 2 is 2.22 bits per heavy atom. The molecule has 0 unspecified atom stereocenters. The van der Waals surface area contributed by atoms with E-state index in [-0.39, 0.29) is 5.41 Å². The third kappa shape index (κ3) is 1.82. The van der Waals surface area contributed by atoms with E-state index in [1.54, 1.807) is 0 Å². The molecule has 1 aromatic carbocycles. The van der Waals surface area contributed by atoms with Crippen molar-refractivity contribution in [2.75, 3.05) is 26.3 Å². The maximum Gasteiger partial charge on any atom is 0.192 e. The molecule has 1 aliphatic heterocycles. The summed E-state index contributed by atoms with van der Waals surface area (Å²) in [5.74, 6) is 0.716. The van der Waals surface area contributed by atoms with Gasteiger partial charge in [-0.25, -0.2) is 4.98 Å². The van der Waals surface area contributed by atoms with Gasteiger partial charge in [0.05, 0.1) is 18.6 Å². The lowest BCUT2D eigenvalue weighted by Crippen LogP contribution is -2.53. The number of nitrogens with zero attached hydrogens (tertiary/aromatic N) is 1. The van der Waals surface area contributed by atoms with Gasteiger partial charge in [-0.15, -0.1) is 0 Å². The molecule has 96 valence electrons. The molecule has 4 heteroatoms. The van der Waals surface area contributed by atoms with E-state index < -0.39 is 0 Å². The molecule has 0 atom stereocenters. The number of oxazole rings is 1. The number of likely N-dealkylation sites (N-methyl/N-ethyl adjacent to an activating group) is 1. The molecule has 0 bridgehead atoms. The number of aryl methyl sites for hydroxylation is 1. The van der Waals surface area contributed by atoms with Gasteiger partial charge in [0.15, 0.2) is 11.5 Å². The predicted octanol–water partition coefficient (Wildman–Crippen LogP) is 2.01. The smallest absolute Gasteiger partial charge is 0.192 e. The van der Waals surface area contributed by atoms with Gasteiger partial charge in [-0.3, -0.25) is 0 Å². The summed E-state index contributed by atoms with van der Waals surface area (Å²) < 4.78 is 10.9. The Kier molecular flexibility index (Phi) is 2.84. The topological polar surface area (TPSA) is 47.3 Å². The van der Waals surface area contributed by atoms with Gasteiger partial charge in [0.25, 0.3) is 0 Å². The van der Waals surface area contributed by atoms with Crippen molar-refractivity contribution in [3.8, 4) is 0 Å². The molecule has 1 fully saturated rings. The lowest BCUT2D eigenvalue weighted by molar-refractivity contribution is -0.0587. The Balaban J connectivity index is 1.96. The summed E-state index contributed by atoms with van der Waals surface area (Å²) in [7, 11) is 0. The van der Waals surface area contributed by atoms with Crippen LogP contribution in [0.4, 0.5) is 0 Å². The SMILES string of the molecule is CCNCC1(c2ccc3oc(C)nc3c2)COC1. The van der Waals surface area contributed by atoms with E-state index in [0.717, 1.165) is 37.4 Å². The second-order valence-electron chi connectivity index (χ2n) is 4.97. The van der Waals surface area contributed by atoms with Gasteiger partial charge < -0.3 is 14.5 Å². The van der Waals surface area contributed by atoms with Gasteiger partial charge >= 0.3 is 0 Å². The molecule has 1 aliphatic rings. The maximum absolute atomic E-state index is 5.51. The van der Waals surface area contributed by atoms with Crippen molar-refractivity contribution in [3.05, 3.63) is 29.7 Å². The van der Waals surface area contributed by atoms with Gasteiger partial charge in [0, 0.05) is 13.5 Å². The van der Waals surface area contributed by atoms with Gasteiger partial charge in [-0.05, 0) is 24.2 Å². The number of nitrogens with one attached hydrogen (secondary N) is 1. The number of fused-ring (bicyclic) bond motifs is 1. The molecular formula is C14H18N2O2.